The lowest BCUT2D eigenvalue weighted by Gasteiger charge is -2.07. The van der Waals surface area contributed by atoms with E-state index in [1.165, 1.54) is 5.56 Å². The maximum absolute atomic E-state index is 5.20. The van der Waals surface area contributed by atoms with Crippen molar-refractivity contribution in [3.63, 3.8) is 0 Å². The predicted octanol–water partition coefficient (Wildman–Crippen LogP) is 4.22. The molecule has 1 aromatic heterocycles. The summed E-state index contributed by atoms with van der Waals surface area (Å²) in [5.74, 6) is 1.70. The lowest BCUT2D eigenvalue weighted by Crippen LogP contribution is -2.05. The smallest absolute Gasteiger partial charge is 0.203 e. The lowest BCUT2D eigenvalue weighted by molar-refractivity contribution is 0.415. The zero-order chi connectivity index (χ0) is 16.8. The van der Waals surface area contributed by atoms with Crippen LogP contribution in [0.2, 0.25) is 0 Å². The molecule has 0 unspecified atom stereocenters. The van der Waals surface area contributed by atoms with E-state index in [1.54, 1.807) is 7.11 Å². The van der Waals surface area contributed by atoms with Crippen LogP contribution in [0.3, 0.4) is 0 Å². The normalized spacial score (nSPS) is 10.9. The molecule has 0 aliphatic carbocycles. The molecule has 1 N–H and O–H groups in total. The van der Waals surface area contributed by atoms with E-state index in [0.29, 0.717) is 0 Å². The third-order valence-electron chi connectivity index (χ3n) is 3.86. The lowest BCUT2D eigenvalue weighted by atomic mass is 10.1. The second-order valence-corrected chi connectivity index (χ2v) is 5.45. The third-order valence-corrected chi connectivity index (χ3v) is 3.86. The Balaban J connectivity index is 1.65. The summed E-state index contributed by atoms with van der Waals surface area (Å²) < 4.78 is 7.25. The third kappa shape index (κ3) is 3.66. The summed E-state index contributed by atoms with van der Waals surface area (Å²) in [6, 6.07) is 18.2. The summed E-state index contributed by atoms with van der Waals surface area (Å²) in [4.78, 5) is 4.47. The first-order valence-electron chi connectivity index (χ1n) is 7.89. The van der Waals surface area contributed by atoms with E-state index >= 15 is 0 Å². The standard InChI is InChI=1S/C20H21N3O/c1-23-19(17-10-12-18(24-2)13-11-17)15-22-20(23)21-14-6-9-16-7-4-3-5-8-16/h3-13,15H,14H2,1-2H3,(H,21,22)/b9-6+. The molecule has 0 aliphatic heterocycles. The molecule has 0 fully saturated rings. The number of anilines is 1. The maximum atomic E-state index is 5.20. The highest BCUT2D eigenvalue weighted by atomic mass is 16.5. The molecule has 4 heteroatoms. The molecular formula is C20H21N3O. The van der Waals surface area contributed by atoms with Crippen molar-refractivity contribution in [3.8, 4) is 17.0 Å². The van der Waals surface area contributed by atoms with E-state index < -0.39 is 0 Å². The monoisotopic (exact) mass is 319 g/mol. The van der Waals surface area contributed by atoms with Crippen molar-refractivity contribution in [2.24, 2.45) is 7.05 Å². The van der Waals surface area contributed by atoms with E-state index in [2.05, 4.69) is 39.2 Å². The van der Waals surface area contributed by atoms with Crippen LogP contribution in [0.5, 0.6) is 5.75 Å². The maximum Gasteiger partial charge on any atom is 0.203 e. The van der Waals surface area contributed by atoms with E-state index in [9.17, 15) is 0 Å². The number of benzene rings is 2. The van der Waals surface area contributed by atoms with Gasteiger partial charge in [-0.15, -0.1) is 0 Å². The van der Waals surface area contributed by atoms with Crippen molar-refractivity contribution in [2.75, 3.05) is 19.0 Å². The Morgan fingerprint density at radius 3 is 2.54 bits per heavy atom. The number of ether oxygens (including phenoxy) is 1. The van der Waals surface area contributed by atoms with Crippen LogP contribution >= 0.6 is 0 Å². The zero-order valence-corrected chi connectivity index (χ0v) is 13.9. The number of rotatable bonds is 6. The fraction of sp³-hybridized carbons (Fsp3) is 0.150. The van der Waals surface area contributed by atoms with Crippen molar-refractivity contribution < 1.29 is 4.74 Å². The van der Waals surface area contributed by atoms with Crippen LogP contribution in [0.25, 0.3) is 17.3 Å². The molecule has 0 bridgehead atoms. The summed E-state index contributed by atoms with van der Waals surface area (Å²) in [7, 11) is 3.68. The second-order valence-electron chi connectivity index (χ2n) is 5.45. The van der Waals surface area contributed by atoms with Crippen molar-refractivity contribution >= 4 is 12.0 Å². The summed E-state index contributed by atoms with van der Waals surface area (Å²) in [6.45, 7) is 0.724. The molecule has 2 aromatic carbocycles. The van der Waals surface area contributed by atoms with Crippen LogP contribution < -0.4 is 10.1 Å². The number of methoxy groups -OCH3 is 1. The molecule has 24 heavy (non-hydrogen) atoms. The van der Waals surface area contributed by atoms with Gasteiger partial charge in [-0.05, 0) is 29.8 Å². The van der Waals surface area contributed by atoms with Gasteiger partial charge in [-0.1, -0.05) is 42.5 Å². The van der Waals surface area contributed by atoms with Gasteiger partial charge in [-0.2, -0.15) is 0 Å². The van der Waals surface area contributed by atoms with Gasteiger partial charge >= 0.3 is 0 Å². The summed E-state index contributed by atoms with van der Waals surface area (Å²) in [5, 5.41) is 3.34. The second kappa shape index (κ2) is 7.51. The minimum absolute atomic E-state index is 0.724. The van der Waals surface area contributed by atoms with Crippen LogP contribution in [0.4, 0.5) is 5.95 Å². The molecule has 3 rings (SSSR count). The number of hydrogen-bond donors (Lipinski definition) is 1. The topological polar surface area (TPSA) is 39.1 Å². The fourth-order valence-corrected chi connectivity index (χ4v) is 2.51. The molecule has 0 radical (unpaired) electrons. The quantitative estimate of drug-likeness (QED) is 0.739. The molecule has 0 atom stereocenters. The molecule has 4 nitrogen and oxygen atoms in total. The Hall–Kier alpha value is -3.01. The molecule has 0 saturated carbocycles. The molecule has 0 spiro atoms. The SMILES string of the molecule is COc1ccc(-c2cnc(NC/C=C/c3ccccc3)n2C)cc1. The van der Waals surface area contributed by atoms with E-state index in [0.717, 1.165) is 29.5 Å². The van der Waals surface area contributed by atoms with Crippen LogP contribution in [-0.2, 0) is 7.05 Å². The Morgan fingerprint density at radius 2 is 1.83 bits per heavy atom. The van der Waals surface area contributed by atoms with Gasteiger partial charge in [0.05, 0.1) is 19.0 Å². The van der Waals surface area contributed by atoms with Gasteiger partial charge in [-0.3, -0.25) is 0 Å². The Morgan fingerprint density at radius 1 is 1.08 bits per heavy atom. The summed E-state index contributed by atoms with van der Waals surface area (Å²) in [6.07, 6.45) is 6.07. The fourth-order valence-electron chi connectivity index (χ4n) is 2.51. The van der Waals surface area contributed by atoms with Gasteiger partial charge in [0.15, 0.2) is 0 Å². The Labute approximate surface area is 142 Å². The Kier molecular flexibility index (Phi) is 4.96. The highest BCUT2D eigenvalue weighted by Gasteiger charge is 2.07. The first kappa shape index (κ1) is 15.9. The van der Waals surface area contributed by atoms with Crippen molar-refractivity contribution in [1.82, 2.24) is 9.55 Å². The number of hydrogen-bond acceptors (Lipinski definition) is 3. The molecule has 0 aliphatic rings. The van der Waals surface area contributed by atoms with Crippen molar-refractivity contribution in [2.45, 2.75) is 0 Å². The van der Waals surface area contributed by atoms with Crippen LogP contribution in [0, 0.1) is 0 Å². The highest BCUT2D eigenvalue weighted by Crippen LogP contribution is 2.24. The molecular weight excluding hydrogens is 298 g/mol. The summed E-state index contributed by atoms with van der Waals surface area (Å²) >= 11 is 0. The van der Waals surface area contributed by atoms with Crippen molar-refractivity contribution in [1.29, 1.82) is 0 Å². The summed E-state index contributed by atoms with van der Waals surface area (Å²) in [5.41, 5.74) is 3.36. The first-order valence-corrected chi connectivity index (χ1v) is 7.89. The van der Waals surface area contributed by atoms with Crippen LogP contribution in [-0.4, -0.2) is 23.2 Å². The van der Waals surface area contributed by atoms with Gasteiger partial charge in [-0.25, -0.2) is 4.98 Å². The minimum atomic E-state index is 0.724. The van der Waals surface area contributed by atoms with E-state index in [4.69, 9.17) is 4.74 Å². The number of imidazole rings is 1. The highest BCUT2D eigenvalue weighted by molar-refractivity contribution is 5.62. The van der Waals surface area contributed by atoms with Crippen LogP contribution in [0.1, 0.15) is 5.56 Å². The van der Waals surface area contributed by atoms with E-state index in [-0.39, 0.29) is 0 Å². The van der Waals surface area contributed by atoms with Gasteiger partial charge in [0.2, 0.25) is 5.95 Å². The average Bonchev–Trinajstić information content (AvgIpc) is 3.00. The van der Waals surface area contributed by atoms with Gasteiger partial charge in [0, 0.05) is 19.2 Å². The number of aromatic nitrogens is 2. The van der Waals surface area contributed by atoms with Gasteiger partial charge in [0.1, 0.15) is 5.75 Å². The molecule has 1 heterocycles. The Bertz CT molecular complexity index is 805. The predicted molar refractivity (Wildman–Crippen MR) is 99.2 cm³/mol. The van der Waals surface area contributed by atoms with Crippen LogP contribution in [0.15, 0.2) is 66.9 Å². The zero-order valence-electron chi connectivity index (χ0n) is 13.9. The molecule has 0 saturated heterocycles. The van der Waals surface area contributed by atoms with Gasteiger partial charge < -0.3 is 14.6 Å². The number of nitrogens with zero attached hydrogens (tertiary/aromatic N) is 2. The molecule has 0 amide bonds. The van der Waals surface area contributed by atoms with Crippen molar-refractivity contribution in [3.05, 3.63) is 72.4 Å². The first-order chi connectivity index (χ1) is 11.8. The molecule has 122 valence electrons. The van der Waals surface area contributed by atoms with E-state index in [1.807, 2.05) is 55.7 Å². The van der Waals surface area contributed by atoms with Gasteiger partial charge in [0.25, 0.3) is 0 Å². The molecule has 3 aromatic rings. The largest absolute Gasteiger partial charge is 0.497 e. The number of nitrogens with one attached hydrogen (secondary N) is 1. The minimum Gasteiger partial charge on any atom is -0.497 e. The average molecular weight is 319 g/mol.